The summed E-state index contributed by atoms with van der Waals surface area (Å²) < 4.78 is 57.9. The molecule has 2 aromatic carbocycles. The predicted molar refractivity (Wildman–Crippen MR) is 174 cm³/mol. The van der Waals surface area contributed by atoms with Gasteiger partial charge in [-0.1, -0.05) is 56.7 Å². The number of carbonyl (C=O) groups is 2. The predicted octanol–water partition coefficient (Wildman–Crippen LogP) is 2.34. The quantitative estimate of drug-likeness (QED) is 0.245. The van der Waals surface area contributed by atoms with Gasteiger partial charge in [-0.3, -0.25) is 0 Å². The van der Waals surface area contributed by atoms with Gasteiger partial charge in [0.25, 0.3) is 0 Å². The number of carboxylic acid groups (broad SMARTS) is 1. The number of alkyl carbamates (subject to hydrolysis) is 1. The number of benzene rings is 2. The minimum Gasteiger partial charge on any atom is -0.530 e. The number of rotatable bonds is 16. The largest absolute Gasteiger partial charge is 0.530 e. The third kappa shape index (κ3) is 9.34. The summed E-state index contributed by atoms with van der Waals surface area (Å²) in [5.74, 6) is 0.321. The van der Waals surface area contributed by atoms with Gasteiger partial charge in [0.1, 0.15) is 17.1 Å². The first-order chi connectivity index (χ1) is 23.3. The van der Waals surface area contributed by atoms with Gasteiger partial charge in [-0.05, 0) is 48.8 Å². The molecule has 0 radical (unpaired) electrons. The average molecular weight is 705 g/mol. The van der Waals surface area contributed by atoms with Crippen molar-refractivity contribution in [3.05, 3.63) is 54.1 Å². The first kappa shape index (κ1) is 36.6. The molecule has 3 aliphatic rings. The summed E-state index contributed by atoms with van der Waals surface area (Å²) in [6, 6.07) is 13.0. The molecule has 2 amide bonds. The van der Waals surface area contributed by atoms with Gasteiger partial charge < -0.3 is 48.9 Å². The smallest absolute Gasteiger partial charge is 0.407 e. The molecule has 270 valence electrons. The number of unbranched alkanes of at least 4 members (excludes halogenated alkanes) is 1. The Hall–Kier alpha value is -3.63. The van der Waals surface area contributed by atoms with Crippen molar-refractivity contribution in [1.82, 2.24) is 14.5 Å². The molecule has 2 saturated heterocycles. The van der Waals surface area contributed by atoms with Crippen LogP contribution in [0, 0.1) is 11.3 Å². The lowest BCUT2D eigenvalue weighted by atomic mass is 9.87. The molecule has 5 rings (SSSR count). The van der Waals surface area contributed by atoms with Crippen molar-refractivity contribution in [2.24, 2.45) is 11.3 Å². The molecule has 0 aromatic heterocycles. The van der Waals surface area contributed by atoms with Crippen molar-refractivity contribution in [3.63, 3.8) is 0 Å². The van der Waals surface area contributed by atoms with Crippen molar-refractivity contribution >= 4 is 22.2 Å². The molecule has 14 nitrogen and oxygen atoms in total. The number of aliphatic hydroxyl groups excluding tert-OH is 1. The Kier molecular flexibility index (Phi) is 11.9. The molecule has 2 N–H and O–H groups in total. The number of carbonyl (C=O) groups excluding carboxylic acids is 2. The number of nitrogens with one attached hydrogen (secondary N) is 1. The maximum atomic E-state index is 14.4. The molecule has 15 heteroatoms. The van der Waals surface area contributed by atoms with E-state index in [-0.39, 0.29) is 56.0 Å². The van der Waals surface area contributed by atoms with Gasteiger partial charge in [0.2, 0.25) is 16.8 Å². The van der Waals surface area contributed by atoms with Crippen molar-refractivity contribution in [2.45, 2.75) is 75.4 Å². The summed E-state index contributed by atoms with van der Waals surface area (Å²) in [4.78, 5) is 25.3. The van der Waals surface area contributed by atoms with Crippen LogP contribution in [0.2, 0.25) is 0 Å². The van der Waals surface area contributed by atoms with E-state index in [9.17, 15) is 28.2 Å². The van der Waals surface area contributed by atoms with Gasteiger partial charge in [0.05, 0.1) is 31.3 Å². The van der Waals surface area contributed by atoms with Crippen LogP contribution < -0.4 is 19.9 Å². The zero-order valence-electron chi connectivity index (χ0n) is 28.1. The molecule has 0 aliphatic carbocycles. The molecule has 0 unspecified atom stereocenters. The lowest BCUT2D eigenvalue weighted by Gasteiger charge is -2.35. The number of nitrogens with zero attached hydrogens (tertiary/aromatic N) is 2. The first-order valence-electron chi connectivity index (χ1n) is 16.6. The Labute approximate surface area is 287 Å². The summed E-state index contributed by atoms with van der Waals surface area (Å²) in [5, 5.41) is 25.7. The topological polar surface area (TPSA) is 176 Å². The van der Waals surface area contributed by atoms with Crippen LogP contribution >= 0.6 is 0 Å². The second-order valence-corrected chi connectivity index (χ2v) is 15.5. The summed E-state index contributed by atoms with van der Waals surface area (Å²) in [5.41, 5.74) is 0.231. The van der Waals surface area contributed by atoms with Gasteiger partial charge in [-0.2, -0.15) is 4.31 Å². The fourth-order valence-electron chi connectivity index (χ4n) is 6.45. The van der Waals surface area contributed by atoms with Crippen molar-refractivity contribution < 1.29 is 51.9 Å². The summed E-state index contributed by atoms with van der Waals surface area (Å²) in [7, 11) is -2.83. The third-order valence-corrected chi connectivity index (χ3v) is 11.0. The van der Waals surface area contributed by atoms with Crippen LogP contribution in [-0.4, -0.2) is 106 Å². The van der Waals surface area contributed by atoms with Crippen LogP contribution in [-0.2, 0) is 30.7 Å². The molecule has 0 spiro atoms. The minimum atomic E-state index is -4.27. The van der Waals surface area contributed by atoms with Crippen LogP contribution in [0.1, 0.15) is 45.1 Å². The summed E-state index contributed by atoms with van der Waals surface area (Å²) >= 11 is 0. The minimum absolute atomic E-state index is 0.0121. The molecule has 5 atom stereocenters. The first-order valence-corrected chi connectivity index (χ1v) is 18.0. The van der Waals surface area contributed by atoms with Gasteiger partial charge in [-0.25, -0.2) is 13.2 Å². The molecule has 0 saturated carbocycles. The van der Waals surface area contributed by atoms with Gasteiger partial charge in [0, 0.05) is 26.7 Å². The zero-order valence-corrected chi connectivity index (χ0v) is 28.9. The second-order valence-electron chi connectivity index (χ2n) is 13.6. The van der Waals surface area contributed by atoms with E-state index in [1.165, 1.54) is 17.4 Å². The fraction of sp³-hybridized carbons (Fsp3) is 0.588. The van der Waals surface area contributed by atoms with E-state index >= 15 is 0 Å². The highest BCUT2D eigenvalue weighted by atomic mass is 32.2. The maximum absolute atomic E-state index is 14.4. The lowest BCUT2D eigenvalue weighted by Crippen LogP contribution is -2.52. The van der Waals surface area contributed by atoms with Crippen LogP contribution in [0.25, 0.3) is 0 Å². The zero-order chi connectivity index (χ0) is 35.2. The standard InChI is InChI=1S/C34H47N3O11S/c1-34(2,15-7-8-16-36(3)33(40)41)21-37(49(42,43)29-13-9-12-27-30(29)47-22-46-27)19-26(38)25(18-23-10-5-4-6-11-23)35-32(39)48-28-20-45-31-24(28)14-17-44-31/h4-6,9-13,24-26,28,31,38H,7-8,14-22H2,1-3H3,(H,35,39)(H,40,41)/p-1/t24-,25-,26+,28-,31+/m0/s1. The van der Waals surface area contributed by atoms with Crippen LogP contribution in [0.4, 0.5) is 9.59 Å². The molecular formula is C34H46N3O11S-. The van der Waals surface area contributed by atoms with Gasteiger partial charge in [0.15, 0.2) is 17.8 Å². The van der Waals surface area contributed by atoms with E-state index in [1.807, 2.05) is 44.2 Å². The highest BCUT2D eigenvalue weighted by molar-refractivity contribution is 7.89. The average Bonchev–Trinajstić information content (AvgIpc) is 3.81. The third-order valence-electron chi connectivity index (χ3n) is 9.19. The normalized spacial score (nSPS) is 21.3. The number of hydrogen-bond donors (Lipinski definition) is 2. The molecule has 0 bridgehead atoms. The van der Waals surface area contributed by atoms with E-state index in [0.29, 0.717) is 38.0 Å². The Morgan fingerprint density at radius 1 is 1.10 bits per heavy atom. The Morgan fingerprint density at radius 3 is 2.63 bits per heavy atom. The number of ether oxygens (including phenoxy) is 5. The summed E-state index contributed by atoms with van der Waals surface area (Å²) in [6.07, 6.45) is -1.62. The molecule has 49 heavy (non-hydrogen) atoms. The molecule has 3 aliphatic heterocycles. The highest BCUT2D eigenvalue weighted by Gasteiger charge is 2.44. The Morgan fingerprint density at radius 2 is 1.88 bits per heavy atom. The number of amides is 2. The second kappa shape index (κ2) is 15.9. The van der Waals surface area contributed by atoms with Gasteiger partial charge in [-0.15, -0.1) is 0 Å². The van der Waals surface area contributed by atoms with Gasteiger partial charge >= 0.3 is 6.09 Å². The van der Waals surface area contributed by atoms with Crippen molar-refractivity contribution in [1.29, 1.82) is 0 Å². The monoisotopic (exact) mass is 704 g/mol. The van der Waals surface area contributed by atoms with E-state index in [1.54, 1.807) is 12.1 Å². The van der Waals surface area contributed by atoms with Crippen LogP contribution in [0.5, 0.6) is 11.5 Å². The molecule has 3 heterocycles. The Bertz CT molecular complexity index is 1540. The van der Waals surface area contributed by atoms with E-state index in [2.05, 4.69) is 5.32 Å². The number of fused-ring (bicyclic) bond motifs is 2. The molecule has 2 aromatic rings. The van der Waals surface area contributed by atoms with E-state index in [0.717, 1.165) is 10.5 Å². The van der Waals surface area contributed by atoms with Crippen molar-refractivity contribution in [2.75, 3.05) is 46.7 Å². The van der Waals surface area contributed by atoms with E-state index < -0.39 is 52.2 Å². The van der Waals surface area contributed by atoms with E-state index in [4.69, 9.17) is 23.7 Å². The number of para-hydroxylation sites is 1. The number of sulfonamides is 1. The van der Waals surface area contributed by atoms with Crippen LogP contribution in [0.3, 0.4) is 0 Å². The highest BCUT2D eigenvalue weighted by Crippen LogP contribution is 2.40. The lowest BCUT2D eigenvalue weighted by molar-refractivity contribution is -0.264. The Balaban J connectivity index is 1.36. The maximum Gasteiger partial charge on any atom is 0.407 e. The fourth-order valence-corrected chi connectivity index (χ4v) is 8.24. The number of hydrogen-bond acceptors (Lipinski definition) is 11. The SMILES string of the molecule is CN(CCCCC(C)(C)CN(C[C@@H](O)[C@H](Cc1ccccc1)NC(=O)O[C@H]1CO[C@H]2OCC[C@H]21)S(=O)(=O)c1cccc2c1OCO2)C(=O)[O-]. The van der Waals surface area contributed by atoms with Crippen molar-refractivity contribution in [3.8, 4) is 11.5 Å². The molecular weight excluding hydrogens is 658 g/mol. The molecule has 2 fully saturated rings. The number of aliphatic hydroxyl groups is 1. The van der Waals surface area contributed by atoms with Crippen LogP contribution in [0.15, 0.2) is 53.4 Å². The summed E-state index contributed by atoms with van der Waals surface area (Å²) in [6.45, 7) is 4.38.